The highest BCUT2D eigenvalue weighted by molar-refractivity contribution is 7.94. The van der Waals surface area contributed by atoms with Crippen molar-refractivity contribution < 1.29 is 13.2 Å². The van der Waals surface area contributed by atoms with Crippen LogP contribution in [-0.4, -0.2) is 14.7 Å². The number of aldehydes is 1. The lowest BCUT2D eigenvalue weighted by molar-refractivity contribution is -0.103. The van der Waals surface area contributed by atoms with Gasteiger partial charge in [0, 0.05) is 22.2 Å². The van der Waals surface area contributed by atoms with E-state index in [1.54, 1.807) is 42.5 Å². The van der Waals surface area contributed by atoms with Crippen molar-refractivity contribution in [1.29, 1.82) is 0 Å². The predicted octanol–water partition coefficient (Wildman–Crippen LogP) is 2.28. The molecule has 0 spiro atoms. The Kier molecular flexibility index (Phi) is 4.00. The zero-order valence-electron chi connectivity index (χ0n) is 10.6. The molecule has 2 aromatic rings. The van der Waals surface area contributed by atoms with E-state index in [-0.39, 0.29) is 10.5 Å². The van der Waals surface area contributed by atoms with Gasteiger partial charge in [0.2, 0.25) is 9.84 Å². The number of para-hydroxylation sites is 1. The molecule has 20 heavy (non-hydrogen) atoms. The molecule has 0 unspecified atom stereocenters. The van der Waals surface area contributed by atoms with Gasteiger partial charge in [0.15, 0.2) is 6.29 Å². The van der Waals surface area contributed by atoms with Crippen LogP contribution in [0.25, 0.3) is 5.57 Å². The van der Waals surface area contributed by atoms with Crippen LogP contribution < -0.4 is 5.73 Å². The lowest BCUT2D eigenvalue weighted by Gasteiger charge is -2.05. The maximum Gasteiger partial charge on any atom is 0.200 e. The predicted molar refractivity (Wildman–Crippen MR) is 78.5 cm³/mol. The molecule has 0 radical (unpaired) electrons. The smallest absolute Gasteiger partial charge is 0.200 e. The van der Waals surface area contributed by atoms with E-state index < -0.39 is 9.84 Å². The van der Waals surface area contributed by atoms with Gasteiger partial charge in [-0.25, -0.2) is 8.42 Å². The van der Waals surface area contributed by atoms with Crippen LogP contribution in [0.1, 0.15) is 5.56 Å². The molecule has 0 amide bonds. The number of nitrogens with two attached hydrogens (primary N) is 1. The SMILES string of the molecule is Nc1ccccc1/C(C=O)=C\S(=O)(=O)c1ccccc1. The van der Waals surface area contributed by atoms with E-state index >= 15 is 0 Å². The van der Waals surface area contributed by atoms with Crippen LogP contribution in [0, 0.1) is 0 Å². The lowest BCUT2D eigenvalue weighted by Crippen LogP contribution is -2.00. The Balaban J connectivity index is 2.53. The zero-order valence-corrected chi connectivity index (χ0v) is 11.4. The molecule has 0 fully saturated rings. The van der Waals surface area contributed by atoms with Gasteiger partial charge < -0.3 is 5.73 Å². The second kappa shape index (κ2) is 5.71. The van der Waals surface area contributed by atoms with Crippen molar-refractivity contribution in [1.82, 2.24) is 0 Å². The molecule has 0 atom stereocenters. The van der Waals surface area contributed by atoms with Crippen LogP contribution in [-0.2, 0) is 14.6 Å². The molecule has 0 aliphatic carbocycles. The number of anilines is 1. The van der Waals surface area contributed by atoms with Crippen molar-refractivity contribution in [2.75, 3.05) is 5.73 Å². The molecule has 5 heteroatoms. The van der Waals surface area contributed by atoms with Gasteiger partial charge in [0.1, 0.15) is 0 Å². The van der Waals surface area contributed by atoms with Gasteiger partial charge in [-0.2, -0.15) is 0 Å². The third-order valence-corrected chi connectivity index (χ3v) is 4.25. The summed E-state index contributed by atoms with van der Waals surface area (Å²) in [5.74, 6) is 0. The average Bonchev–Trinajstić information content (AvgIpc) is 2.46. The fraction of sp³-hybridized carbons (Fsp3) is 0. The molecule has 4 nitrogen and oxygen atoms in total. The largest absolute Gasteiger partial charge is 0.398 e. The summed E-state index contributed by atoms with van der Waals surface area (Å²) in [5, 5.41) is 0.945. The second-order valence-corrected chi connectivity index (χ2v) is 5.93. The molecule has 102 valence electrons. The van der Waals surface area contributed by atoms with E-state index in [9.17, 15) is 13.2 Å². The molecule has 2 aromatic carbocycles. The van der Waals surface area contributed by atoms with Gasteiger partial charge >= 0.3 is 0 Å². The van der Waals surface area contributed by atoms with Crippen molar-refractivity contribution in [3.63, 3.8) is 0 Å². The van der Waals surface area contributed by atoms with Crippen LogP contribution in [0.4, 0.5) is 5.69 Å². The highest BCUT2D eigenvalue weighted by atomic mass is 32.2. The summed E-state index contributed by atoms with van der Waals surface area (Å²) in [6.07, 6.45) is 0.492. The van der Waals surface area contributed by atoms with Crippen molar-refractivity contribution in [3.8, 4) is 0 Å². The molecule has 0 saturated carbocycles. The summed E-state index contributed by atoms with van der Waals surface area (Å²) in [5.41, 5.74) is 6.55. The summed E-state index contributed by atoms with van der Waals surface area (Å²) in [7, 11) is -3.69. The van der Waals surface area contributed by atoms with E-state index in [2.05, 4.69) is 0 Å². The second-order valence-electron chi connectivity index (χ2n) is 4.14. The summed E-state index contributed by atoms with van der Waals surface area (Å²) in [4.78, 5) is 11.3. The summed E-state index contributed by atoms with van der Waals surface area (Å²) >= 11 is 0. The van der Waals surface area contributed by atoms with Crippen LogP contribution in [0.5, 0.6) is 0 Å². The molecule has 0 saturated heterocycles. The number of allylic oxidation sites excluding steroid dienone is 1. The van der Waals surface area contributed by atoms with Crippen molar-refractivity contribution >= 4 is 27.4 Å². The summed E-state index contributed by atoms with van der Waals surface area (Å²) in [6.45, 7) is 0. The Morgan fingerprint density at radius 1 is 0.950 bits per heavy atom. The van der Waals surface area contributed by atoms with E-state index in [0.29, 0.717) is 17.5 Å². The Bertz CT molecular complexity index is 750. The van der Waals surface area contributed by atoms with Gasteiger partial charge in [0.25, 0.3) is 0 Å². The van der Waals surface area contributed by atoms with Crippen LogP contribution >= 0.6 is 0 Å². The Hall–Kier alpha value is -2.40. The molecule has 0 bridgehead atoms. The zero-order chi connectivity index (χ0) is 14.6. The first-order valence-corrected chi connectivity index (χ1v) is 7.41. The standard InChI is InChI=1S/C15H13NO3S/c16-15-9-5-4-8-14(15)12(10-17)11-20(18,19)13-6-2-1-3-7-13/h1-11H,16H2/b12-11-. The van der Waals surface area contributed by atoms with Crippen LogP contribution in [0.2, 0.25) is 0 Å². The minimum absolute atomic E-state index is 0.0342. The molecule has 2 rings (SSSR count). The number of benzene rings is 2. The number of nitrogen functional groups attached to an aromatic ring is 1. The molecule has 2 N–H and O–H groups in total. The first-order chi connectivity index (χ1) is 9.54. The quantitative estimate of drug-likeness (QED) is 0.531. The van der Waals surface area contributed by atoms with Crippen LogP contribution in [0.15, 0.2) is 64.9 Å². The van der Waals surface area contributed by atoms with Crippen LogP contribution in [0.3, 0.4) is 0 Å². The van der Waals surface area contributed by atoms with Gasteiger partial charge in [-0.15, -0.1) is 0 Å². The molecular formula is C15H13NO3S. The minimum atomic E-state index is -3.69. The molecule has 0 aliphatic rings. The van der Waals surface area contributed by atoms with E-state index in [0.717, 1.165) is 5.41 Å². The maximum atomic E-state index is 12.2. The maximum absolute atomic E-state index is 12.2. The first-order valence-electron chi connectivity index (χ1n) is 5.86. The van der Waals surface area contributed by atoms with Gasteiger partial charge in [0.05, 0.1) is 4.90 Å². The number of carbonyl (C=O) groups excluding carboxylic acids is 1. The number of rotatable bonds is 4. The van der Waals surface area contributed by atoms with Crippen molar-refractivity contribution in [2.45, 2.75) is 4.90 Å². The van der Waals surface area contributed by atoms with E-state index in [1.165, 1.54) is 12.1 Å². The molecule has 0 heterocycles. The summed E-state index contributed by atoms with van der Waals surface area (Å²) in [6, 6.07) is 14.5. The topological polar surface area (TPSA) is 77.2 Å². The fourth-order valence-corrected chi connectivity index (χ4v) is 2.95. The molecule has 0 aliphatic heterocycles. The lowest BCUT2D eigenvalue weighted by atomic mass is 10.1. The van der Waals surface area contributed by atoms with Crippen molar-refractivity contribution in [3.05, 3.63) is 65.6 Å². The normalized spacial score (nSPS) is 12.1. The molecular weight excluding hydrogens is 274 g/mol. The van der Waals surface area contributed by atoms with Gasteiger partial charge in [-0.05, 0) is 18.2 Å². The number of sulfone groups is 1. The third kappa shape index (κ3) is 2.95. The van der Waals surface area contributed by atoms with Gasteiger partial charge in [-0.3, -0.25) is 4.79 Å². The fourth-order valence-electron chi connectivity index (χ4n) is 1.76. The van der Waals surface area contributed by atoms with E-state index in [4.69, 9.17) is 5.73 Å². The minimum Gasteiger partial charge on any atom is -0.398 e. The van der Waals surface area contributed by atoms with Gasteiger partial charge in [-0.1, -0.05) is 36.4 Å². The monoisotopic (exact) mass is 287 g/mol. The molecule has 0 aromatic heterocycles. The first kappa shape index (κ1) is 14.0. The highest BCUT2D eigenvalue weighted by Crippen LogP contribution is 2.22. The average molecular weight is 287 g/mol. The Morgan fingerprint density at radius 2 is 1.55 bits per heavy atom. The number of carbonyl (C=O) groups is 1. The highest BCUT2D eigenvalue weighted by Gasteiger charge is 2.14. The number of hydrogen-bond acceptors (Lipinski definition) is 4. The third-order valence-electron chi connectivity index (χ3n) is 2.75. The number of hydrogen-bond donors (Lipinski definition) is 1. The summed E-state index contributed by atoms with van der Waals surface area (Å²) < 4.78 is 24.4. The van der Waals surface area contributed by atoms with E-state index in [1.807, 2.05) is 0 Å². The van der Waals surface area contributed by atoms with Crippen molar-refractivity contribution in [2.24, 2.45) is 0 Å². The Labute approximate surface area is 117 Å². The Morgan fingerprint density at radius 3 is 2.15 bits per heavy atom.